The summed E-state index contributed by atoms with van der Waals surface area (Å²) in [5.74, 6) is 0.688. The van der Waals surface area contributed by atoms with Gasteiger partial charge in [0.15, 0.2) is 0 Å². The van der Waals surface area contributed by atoms with Crippen LogP contribution in [0.3, 0.4) is 0 Å². The Kier molecular flexibility index (Phi) is 2.71. The highest BCUT2D eigenvalue weighted by molar-refractivity contribution is 9.11. The summed E-state index contributed by atoms with van der Waals surface area (Å²) in [6.07, 6.45) is 2.53. The average Bonchev–Trinajstić information content (AvgIpc) is 2.80. The third-order valence-electron chi connectivity index (χ3n) is 1.97. The van der Waals surface area contributed by atoms with Gasteiger partial charge in [0.25, 0.3) is 0 Å². The van der Waals surface area contributed by atoms with Crippen LogP contribution in [0.2, 0.25) is 5.02 Å². The molecule has 1 atom stereocenters. The number of rotatable bonds is 2. The lowest BCUT2D eigenvalue weighted by molar-refractivity contribution is 0.811. The lowest BCUT2D eigenvalue weighted by atomic mass is 10.2. The summed E-state index contributed by atoms with van der Waals surface area (Å²) in [6, 6.07) is 1.96. The minimum absolute atomic E-state index is 0.179. The van der Waals surface area contributed by atoms with Gasteiger partial charge < -0.3 is 0 Å². The zero-order valence-corrected chi connectivity index (χ0v) is 10.1. The van der Waals surface area contributed by atoms with Crippen LogP contribution in [-0.4, -0.2) is 0 Å². The van der Waals surface area contributed by atoms with Gasteiger partial charge in [-0.15, -0.1) is 22.9 Å². The van der Waals surface area contributed by atoms with Crippen molar-refractivity contribution in [2.24, 2.45) is 5.92 Å². The van der Waals surface area contributed by atoms with Gasteiger partial charge in [0.1, 0.15) is 0 Å². The Balaban J connectivity index is 2.21. The maximum Gasteiger partial charge on any atom is 0.0887 e. The molecular weight excluding hydrogens is 279 g/mol. The first-order chi connectivity index (χ1) is 5.68. The van der Waals surface area contributed by atoms with E-state index in [0.717, 1.165) is 8.81 Å². The van der Waals surface area contributed by atoms with Gasteiger partial charge in [0.05, 0.1) is 14.2 Å². The number of hydrogen-bond donors (Lipinski definition) is 0. The summed E-state index contributed by atoms with van der Waals surface area (Å²) in [6.45, 7) is 0. The number of halogens is 3. The quantitative estimate of drug-likeness (QED) is 0.681. The van der Waals surface area contributed by atoms with Crippen molar-refractivity contribution in [3.8, 4) is 0 Å². The second kappa shape index (κ2) is 3.49. The number of alkyl halides is 1. The van der Waals surface area contributed by atoms with Gasteiger partial charge in [-0.25, -0.2) is 0 Å². The second-order valence-electron chi connectivity index (χ2n) is 3.01. The molecular formula is C8H7BrCl2S. The summed E-state index contributed by atoms with van der Waals surface area (Å²) in [5.41, 5.74) is 0. The Morgan fingerprint density at radius 1 is 1.58 bits per heavy atom. The van der Waals surface area contributed by atoms with Gasteiger partial charge in [0.2, 0.25) is 0 Å². The van der Waals surface area contributed by atoms with Crippen LogP contribution < -0.4 is 0 Å². The molecule has 1 aliphatic rings. The van der Waals surface area contributed by atoms with Crippen LogP contribution >= 0.6 is 50.5 Å². The molecule has 0 aliphatic heterocycles. The normalized spacial score (nSPS) is 19.6. The van der Waals surface area contributed by atoms with Crippen molar-refractivity contribution in [2.75, 3.05) is 0 Å². The van der Waals surface area contributed by atoms with E-state index in [1.54, 1.807) is 11.3 Å². The molecule has 1 aliphatic carbocycles. The van der Waals surface area contributed by atoms with Crippen molar-refractivity contribution in [2.45, 2.75) is 18.2 Å². The Hall–Kier alpha value is 0.760. The first-order valence-electron chi connectivity index (χ1n) is 3.77. The minimum atomic E-state index is 0.179. The van der Waals surface area contributed by atoms with Gasteiger partial charge in [-0.1, -0.05) is 11.6 Å². The highest BCUT2D eigenvalue weighted by atomic mass is 79.9. The molecule has 1 unspecified atom stereocenters. The Bertz CT molecular complexity index is 274. The molecule has 1 aromatic heterocycles. The van der Waals surface area contributed by atoms with E-state index >= 15 is 0 Å². The summed E-state index contributed by atoms with van der Waals surface area (Å²) in [7, 11) is 0. The fraction of sp³-hybridized carbons (Fsp3) is 0.500. The standard InChI is InChI=1S/C8H7BrCl2S/c9-8-5(10)3-6(12-8)7(11)4-1-2-4/h3-4,7H,1-2H2. The van der Waals surface area contributed by atoms with E-state index in [4.69, 9.17) is 23.2 Å². The molecule has 66 valence electrons. The predicted octanol–water partition coefficient (Wildman–Crippen LogP) is 4.85. The van der Waals surface area contributed by atoms with Crippen LogP contribution in [0.5, 0.6) is 0 Å². The fourth-order valence-electron chi connectivity index (χ4n) is 1.12. The van der Waals surface area contributed by atoms with Gasteiger partial charge in [-0.2, -0.15) is 0 Å². The van der Waals surface area contributed by atoms with E-state index in [1.807, 2.05) is 6.07 Å². The van der Waals surface area contributed by atoms with Crippen molar-refractivity contribution < 1.29 is 0 Å². The first-order valence-corrected chi connectivity index (χ1v) is 6.19. The molecule has 2 rings (SSSR count). The van der Waals surface area contributed by atoms with E-state index < -0.39 is 0 Å². The molecule has 0 spiro atoms. The van der Waals surface area contributed by atoms with Gasteiger partial charge in [0, 0.05) is 4.88 Å². The lowest BCUT2D eigenvalue weighted by Crippen LogP contribution is -1.86. The van der Waals surface area contributed by atoms with Crippen molar-refractivity contribution in [3.63, 3.8) is 0 Å². The van der Waals surface area contributed by atoms with Gasteiger partial charge >= 0.3 is 0 Å². The molecule has 1 saturated carbocycles. The van der Waals surface area contributed by atoms with Crippen LogP contribution in [0, 0.1) is 5.92 Å². The molecule has 1 aromatic rings. The van der Waals surface area contributed by atoms with Crippen molar-refractivity contribution in [3.05, 3.63) is 19.8 Å². The number of thiophene rings is 1. The van der Waals surface area contributed by atoms with Crippen molar-refractivity contribution >= 4 is 50.5 Å². The van der Waals surface area contributed by atoms with Crippen LogP contribution in [0.25, 0.3) is 0 Å². The summed E-state index contributed by atoms with van der Waals surface area (Å²) in [4.78, 5) is 1.19. The van der Waals surface area contributed by atoms with Gasteiger partial charge in [-0.3, -0.25) is 0 Å². The highest BCUT2D eigenvalue weighted by Gasteiger charge is 2.32. The third-order valence-corrected chi connectivity index (χ3v) is 5.25. The number of hydrogen-bond acceptors (Lipinski definition) is 1. The monoisotopic (exact) mass is 284 g/mol. The molecule has 0 saturated heterocycles. The summed E-state index contributed by atoms with van der Waals surface area (Å²) >= 11 is 17.1. The van der Waals surface area contributed by atoms with E-state index in [1.165, 1.54) is 17.7 Å². The van der Waals surface area contributed by atoms with E-state index in [0.29, 0.717) is 5.92 Å². The minimum Gasteiger partial charge on any atom is -0.130 e. The van der Waals surface area contributed by atoms with Gasteiger partial charge in [-0.05, 0) is 40.8 Å². The first kappa shape index (κ1) is 9.32. The SMILES string of the molecule is Clc1cc(C(Cl)C2CC2)sc1Br. The molecule has 1 heterocycles. The molecule has 0 amide bonds. The molecule has 4 heteroatoms. The zero-order chi connectivity index (χ0) is 8.72. The van der Waals surface area contributed by atoms with Crippen molar-refractivity contribution in [1.82, 2.24) is 0 Å². The van der Waals surface area contributed by atoms with E-state index in [-0.39, 0.29) is 5.38 Å². The summed E-state index contributed by atoms with van der Waals surface area (Å²) < 4.78 is 0.991. The summed E-state index contributed by atoms with van der Waals surface area (Å²) in [5, 5.41) is 0.958. The van der Waals surface area contributed by atoms with Crippen LogP contribution in [0.4, 0.5) is 0 Å². The Labute approximate surface area is 94.0 Å². The highest BCUT2D eigenvalue weighted by Crippen LogP contribution is 2.48. The molecule has 0 nitrogen and oxygen atoms in total. The molecule has 0 aromatic carbocycles. The topological polar surface area (TPSA) is 0 Å². The maximum atomic E-state index is 6.22. The lowest BCUT2D eigenvalue weighted by Gasteiger charge is -2.02. The van der Waals surface area contributed by atoms with E-state index in [9.17, 15) is 0 Å². The van der Waals surface area contributed by atoms with Crippen LogP contribution in [-0.2, 0) is 0 Å². The molecule has 1 fully saturated rings. The predicted molar refractivity (Wildman–Crippen MR) is 58.3 cm³/mol. The molecule has 0 bridgehead atoms. The smallest absolute Gasteiger partial charge is 0.0887 e. The molecule has 12 heavy (non-hydrogen) atoms. The molecule has 0 N–H and O–H groups in total. The average molecular weight is 286 g/mol. The fourth-order valence-corrected chi connectivity index (χ4v) is 3.39. The zero-order valence-electron chi connectivity index (χ0n) is 6.19. The Morgan fingerprint density at radius 2 is 2.25 bits per heavy atom. The maximum absolute atomic E-state index is 6.22. The van der Waals surface area contributed by atoms with Crippen LogP contribution in [0.15, 0.2) is 9.85 Å². The van der Waals surface area contributed by atoms with Crippen LogP contribution in [0.1, 0.15) is 23.1 Å². The van der Waals surface area contributed by atoms with Crippen molar-refractivity contribution in [1.29, 1.82) is 0 Å². The van der Waals surface area contributed by atoms with E-state index in [2.05, 4.69) is 15.9 Å². The largest absolute Gasteiger partial charge is 0.130 e. The third kappa shape index (κ3) is 1.82. The second-order valence-corrected chi connectivity index (χ2v) is 6.29. The molecule has 0 radical (unpaired) electrons. The Morgan fingerprint density at radius 3 is 2.67 bits per heavy atom.